The summed E-state index contributed by atoms with van der Waals surface area (Å²) in [6.45, 7) is 3.87. The van der Waals surface area contributed by atoms with Gasteiger partial charge >= 0.3 is 0 Å². The third-order valence-electron chi connectivity index (χ3n) is 2.50. The summed E-state index contributed by atoms with van der Waals surface area (Å²) in [5.74, 6) is -0.350. The van der Waals surface area contributed by atoms with E-state index in [1.807, 2.05) is 13.8 Å². The average molecular weight is 289 g/mol. The van der Waals surface area contributed by atoms with Gasteiger partial charge in [0.2, 0.25) is 5.91 Å². The maximum atomic E-state index is 12.0. The number of hydrogen-bond donors (Lipinski definition) is 2. The predicted octanol–water partition coefficient (Wildman–Crippen LogP) is 1.94. The van der Waals surface area contributed by atoms with Crippen molar-refractivity contribution in [2.24, 2.45) is 0 Å². The number of rotatable bonds is 5. The predicted molar refractivity (Wildman–Crippen MR) is 75.0 cm³/mol. The van der Waals surface area contributed by atoms with Gasteiger partial charge in [0.05, 0.1) is 15.7 Å². The Balaban J connectivity index is 2.71. The smallest absolute Gasteiger partial charge is 0.233 e. The van der Waals surface area contributed by atoms with Gasteiger partial charge in [-0.2, -0.15) is 0 Å². The number of amides is 1. The van der Waals surface area contributed by atoms with Gasteiger partial charge in [-0.3, -0.25) is 9.00 Å². The van der Waals surface area contributed by atoms with Gasteiger partial charge in [-0.15, -0.1) is 0 Å². The molecular formula is C12H17ClN2O2S. The van der Waals surface area contributed by atoms with Gasteiger partial charge in [0.1, 0.15) is 5.75 Å². The minimum Gasteiger partial charge on any atom is -0.398 e. The molecule has 100 valence electrons. The zero-order chi connectivity index (χ0) is 13.7. The lowest BCUT2D eigenvalue weighted by Crippen LogP contribution is -2.35. The Morgan fingerprint density at radius 1 is 1.56 bits per heavy atom. The molecule has 0 bridgehead atoms. The summed E-state index contributed by atoms with van der Waals surface area (Å²) in [6.07, 6.45) is 0.831. The quantitative estimate of drug-likeness (QED) is 0.814. The van der Waals surface area contributed by atoms with Crippen LogP contribution in [0.5, 0.6) is 0 Å². The standard InChI is InChI=1S/C12H17ClN2O2S/c1-3-8(2)15-12(16)7-18(17)11-6-9(13)4-5-10(11)14/h4-6,8H,3,7,14H2,1-2H3,(H,15,16). The average Bonchev–Trinajstić information content (AvgIpc) is 2.31. The van der Waals surface area contributed by atoms with E-state index in [1.54, 1.807) is 12.1 Å². The van der Waals surface area contributed by atoms with Gasteiger partial charge in [0, 0.05) is 16.8 Å². The normalized spacial score (nSPS) is 13.9. The van der Waals surface area contributed by atoms with Crippen LogP contribution in [0, 0.1) is 0 Å². The molecule has 1 aromatic rings. The highest BCUT2D eigenvalue weighted by Gasteiger charge is 2.14. The topological polar surface area (TPSA) is 72.2 Å². The Morgan fingerprint density at radius 2 is 2.22 bits per heavy atom. The summed E-state index contributed by atoms with van der Waals surface area (Å²) in [5, 5.41) is 3.21. The first-order valence-electron chi connectivity index (χ1n) is 5.66. The highest BCUT2D eigenvalue weighted by Crippen LogP contribution is 2.21. The van der Waals surface area contributed by atoms with Crippen LogP contribution in [0.4, 0.5) is 5.69 Å². The van der Waals surface area contributed by atoms with Crippen molar-refractivity contribution in [1.29, 1.82) is 0 Å². The number of carbonyl (C=O) groups excluding carboxylic acids is 1. The summed E-state index contributed by atoms with van der Waals surface area (Å²) in [5.41, 5.74) is 6.09. The van der Waals surface area contributed by atoms with Gasteiger partial charge in [0.15, 0.2) is 0 Å². The summed E-state index contributed by atoms with van der Waals surface area (Å²) in [6, 6.07) is 4.81. The van der Waals surface area contributed by atoms with E-state index in [9.17, 15) is 9.00 Å². The van der Waals surface area contributed by atoms with Crippen LogP contribution < -0.4 is 11.1 Å². The molecule has 2 unspecified atom stereocenters. The molecule has 0 aliphatic carbocycles. The van der Waals surface area contributed by atoms with Crippen molar-refractivity contribution in [3.05, 3.63) is 23.2 Å². The third kappa shape index (κ3) is 4.31. The molecule has 1 amide bonds. The first kappa shape index (κ1) is 15.0. The molecule has 6 heteroatoms. The fourth-order valence-corrected chi connectivity index (χ4v) is 2.62. The molecule has 3 N–H and O–H groups in total. The van der Waals surface area contributed by atoms with Gasteiger partial charge < -0.3 is 11.1 Å². The highest BCUT2D eigenvalue weighted by molar-refractivity contribution is 7.86. The van der Waals surface area contributed by atoms with Crippen LogP contribution in [-0.2, 0) is 15.6 Å². The molecule has 0 saturated heterocycles. The molecule has 0 spiro atoms. The van der Waals surface area contributed by atoms with Crippen LogP contribution in [0.1, 0.15) is 20.3 Å². The minimum absolute atomic E-state index is 0.0752. The van der Waals surface area contributed by atoms with Crippen LogP contribution >= 0.6 is 11.6 Å². The molecule has 0 fully saturated rings. The third-order valence-corrected chi connectivity index (χ3v) is 4.11. The van der Waals surface area contributed by atoms with E-state index in [0.29, 0.717) is 15.6 Å². The van der Waals surface area contributed by atoms with Gasteiger partial charge in [-0.1, -0.05) is 18.5 Å². The Hall–Kier alpha value is -1.07. The summed E-state index contributed by atoms with van der Waals surface area (Å²) in [4.78, 5) is 12.0. The van der Waals surface area contributed by atoms with E-state index in [2.05, 4.69) is 5.32 Å². The van der Waals surface area contributed by atoms with Crippen LogP contribution in [0.3, 0.4) is 0 Å². The van der Waals surface area contributed by atoms with Crippen LogP contribution in [0.25, 0.3) is 0 Å². The van der Waals surface area contributed by atoms with Crippen LogP contribution in [-0.4, -0.2) is 21.9 Å². The molecule has 4 nitrogen and oxygen atoms in total. The largest absolute Gasteiger partial charge is 0.398 e. The summed E-state index contributed by atoms with van der Waals surface area (Å²) >= 11 is 5.81. The number of hydrogen-bond acceptors (Lipinski definition) is 3. The molecule has 1 aromatic carbocycles. The van der Waals surface area contributed by atoms with Crippen LogP contribution in [0.2, 0.25) is 5.02 Å². The SMILES string of the molecule is CCC(C)NC(=O)CS(=O)c1cc(Cl)ccc1N. The van der Waals surface area contributed by atoms with E-state index in [1.165, 1.54) is 6.07 Å². The molecule has 0 aliphatic heterocycles. The second kappa shape index (κ2) is 6.75. The molecular weight excluding hydrogens is 272 g/mol. The first-order valence-corrected chi connectivity index (χ1v) is 7.36. The number of halogens is 1. The molecule has 0 aliphatic rings. The molecule has 0 saturated carbocycles. The lowest BCUT2D eigenvalue weighted by Gasteiger charge is -2.11. The number of nitrogen functional groups attached to an aromatic ring is 1. The number of nitrogens with two attached hydrogens (primary N) is 1. The van der Waals surface area contributed by atoms with Crippen molar-refractivity contribution in [1.82, 2.24) is 5.32 Å². The van der Waals surface area contributed by atoms with Gasteiger partial charge in [-0.25, -0.2) is 0 Å². The van der Waals surface area contributed by atoms with Crippen molar-refractivity contribution in [2.45, 2.75) is 31.2 Å². The Bertz CT molecular complexity index is 465. The monoisotopic (exact) mass is 288 g/mol. The minimum atomic E-state index is -1.48. The van der Waals surface area contributed by atoms with E-state index < -0.39 is 10.8 Å². The zero-order valence-electron chi connectivity index (χ0n) is 10.4. The maximum Gasteiger partial charge on any atom is 0.233 e. The fraction of sp³-hybridized carbons (Fsp3) is 0.417. The second-order valence-electron chi connectivity index (χ2n) is 4.05. The van der Waals surface area contributed by atoms with Gasteiger partial charge in [0.25, 0.3) is 0 Å². The van der Waals surface area contributed by atoms with Crippen molar-refractivity contribution >= 4 is 34.0 Å². The number of anilines is 1. The fourth-order valence-electron chi connectivity index (χ4n) is 1.32. The number of nitrogens with one attached hydrogen (secondary N) is 1. The Morgan fingerprint density at radius 3 is 2.83 bits per heavy atom. The van der Waals surface area contributed by atoms with E-state index in [4.69, 9.17) is 17.3 Å². The maximum absolute atomic E-state index is 12.0. The molecule has 1 rings (SSSR count). The first-order chi connectivity index (χ1) is 8.43. The summed E-state index contributed by atoms with van der Waals surface area (Å²) < 4.78 is 12.0. The number of carbonyl (C=O) groups is 1. The summed E-state index contributed by atoms with van der Waals surface area (Å²) in [7, 11) is -1.48. The van der Waals surface area contributed by atoms with Crippen molar-refractivity contribution < 1.29 is 9.00 Å². The lowest BCUT2D eigenvalue weighted by molar-refractivity contribution is -0.119. The zero-order valence-corrected chi connectivity index (χ0v) is 12.0. The highest BCUT2D eigenvalue weighted by atomic mass is 35.5. The molecule has 0 aromatic heterocycles. The molecule has 2 atom stereocenters. The Labute approximate surface area is 114 Å². The van der Waals surface area contributed by atoms with Gasteiger partial charge in [-0.05, 0) is 31.5 Å². The van der Waals surface area contributed by atoms with Crippen molar-refractivity contribution in [2.75, 3.05) is 11.5 Å². The van der Waals surface area contributed by atoms with Crippen molar-refractivity contribution in [3.8, 4) is 0 Å². The Kier molecular flexibility index (Phi) is 5.62. The van der Waals surface area contributed by atoms with E-state index >= 15 is 0 Å². The van der Waals surface area contributed by atoms with E-state index in [-0.39, 0.29) is 17.7 Å². The second-order valence-corrected chi connectivity index (χ2v) is 5.90. The number of benzene rings is 1. The molecule has 0 radical (unpaired) electrons. The van der Waals surface area contributed by atoms with Crippen LogP contribution in [0.15, 0.2) is 23.1 Å². The lowest BCUT2D eigenvalue weighted by atomic mass is 10.3. The van der Waals surface area contributed by atoms with Crippen molar-refractivity contribution in [3.63, 3.8) is 0 Å². The molecule has 0 heterocycles. The van der Waals surface area contributed by atoms with E-state index in [0.717, 1.165) is 6.42 Å². The molecule has 18 heavy (non-hydrogen) atoms.